The summed E-state index contributed by atoms with van der Waals surface area (Å²) < 4.78 is 7.24. The van der Waals surface area contributed by atoms with Crippen molar-refractivity contribution in [2.75, 3.05) is 7.11 Å². The molecule has 7 heteroatoms. The number of carboxylic acid groups (broad SMARTS) is 1. The van der Waals surface area contributed by atoms with Gasteiger partial charge < -0.3 is 9.84 Å². The largest absolute Gasteiger partial charge is 0.497 e. The van der Waals surface area contributed by atoms with Gasteiger partial charge in [-0.25, -0.2) is 9.78 Å². The van der Waals surface area contributed by atoms with E-state index in [1.165, 1.54) is 17.4 Å². The summed E-state index contributed by atoms with van der Waals surface area (Å²) in [5.41, 5.74) is 3.29. The molecule has 0 aliphatic heterocycles. The van der Waals surface area contributed by atoms with Gasteiger partial charge in [0.25, 0.3) is 0 Å². The highest BCUT2D eigenvalue weighted by Gasteiger charge is 2.24. The summed E-state index contributed by atoms with van der Waals surface area (Å²) in [5, 5.41) is 16.0. The van der Waals surface area contributed by atoms with E-state index in [-0.39, 0.29) is 5.54 Å². The van der Waals surface area contributed by atoms with E-state index in [1.54, 1.807) is 7.11 Å². The summed E-state index contributed by atoms with van der Waals surface area (Å²) in [5.74, 6) is -0.207. The predicted octanol–water partition coefficient (Wildman–Crippen LogP) is 4.54. The van der Waals surface area contributed by atoms with Crippen LogP contribution in [0.5, 0.6) is 5.75 Å². The lowest BCUT2D eigenvalue weighted by atomic mass is 10.0. The summed E-state index contributed by atoms with van der Waals surface area (Å²) in [6.45, 7) is 6.29. The predicted molar refractivity (Wildman–Crippen MR) is 107 cm³/mol. The van der Waals surface area contributed by atoms with E-state index in [9.17, 15) is 4.79 Å². The van der Waals surface area contributed by atoms with Crippen molar-refractivity contribution in [2.45, 2.75) is 26.3 Å². The minimum absolute atomic E-state index is 0.211. The van der Waals surface area contributed by atoms with E-state index in [4.69, 9.17) is 9.84 Å². The Hall–Kier alpha value is -2.93. The topological polar surface area (TPSA) is 77.2 Å². The van der Waals surface area contributed by atoms with Gasteiger partial charge in [0, 0.05) is 17.0 Å². The maximum atomic E-state index is 10.7. The first kappa shape index (κ1) is 18.8. The van der Waals surface area contributed by atoms with Crippen LogP contribution in [0.2, 0.25) is 0 Å². The minimum atomic E-state index is -0.996. The third-order valence-corrected chi connectivity index (χ3v) is 4.81. The van der Waals surface area contributed by atoms with Gasteiger partial charge in [0.2, 0.25) is 0 Å². The van der Waals surface area contributed by atoms with Gasteiger partial charge in [-0.2, -0.15) is 5.10 Å². The molecular formula is C20H21N3O3S. The average Bonchev–Trinajstić information content (AvgIpc) is 3.26. The van der Waals surface area contributed by atoms with Crippen LogP contribution >= 0.6 is 11.3 Å². The van der Waals surface area contributed by atoms with Gasteiger partial charge in [-0.3, -0.25) is 4.68 Å². The number of aromatic nitrogens is 3. The van der Waals surface area contributed by atoms with Crippen LogP contribution in [0.25, 0.3) is 27.9 Å². The van der Waals surface area contributed by atoms with Crippen molar-refractivity contribution in [3.05, 3.63) is 47.6 Å². The Morgan fingerprint density at radius 1 is 1.26 bits per heavy atom. The Morgan fingerprint density at radius 2 is 1.96 bits per heavy atom. The molecule has 0 aliphatic rings. The highest BCUT2D eigenvalue weighted by Crippen LogP contribution is 2.37. The van der Waals surface area contributed by atoms with Crippen LogP contribution in [0, 0.1) is 0 Å². The molecule has 0 unspecified atom stereocenters. The molecule has 0 bridgehead atoms. The van der Waals surface area contributed by atoms with Gasteiger partial charge in [0.1, 0.15) is 10.8 Å². The molecule has 27 heavy (non-hydrogen) atoms. The molecule has 0 saturated carbocycles. The van der Waals surface area contributed by atoms with E-state index in [0.717, 1.165) is 33.7 Å². The number of carbonyl (C=O) groups is 1. The molecule has 0 radical (unpaired) electrons. The van der Waals surface area contributed by atoms with Gasteiger partial charge in [-0.1, -0.05) is 0 Å². The van der Waals surface area contributed by atoms with Crippen molar-refractivity contribution in [2.24, 2.45) is 0 Å². The summed E-state index contributed by atoms with van der Waals surface area (Å²) in [4.78, 5) is 15.3. The number of thiazole rings is 1. The molecule has 0 saturated heterocycles. The van der Waals surface area contributed by atoms with E-state index < -0.39 is 5.97 Å². The van der Waals surface area contributed by atoms with Crippen LogP contribution in [-0.2, 0) is 10.3 Å². The highest BCUT2D eigenvalue weighted by atomic mass is 32.1. The van der Waals surface area contributed by atoms with Gasteiger partial charge >= 0.3 is 5.97 Å². The zero-order valence-electron chi connectivity index (χ0n) is 15.6. The second-order valence-electron chi connectivity index (χ2n) is 6.97. The van der Waals surface area contributed by atoms with Crippen LogP contribution in [0.15, 0.2) is 41.9 Å². The molecule has 6 nitrogen and oxygen atoms in total. The summed E-state index contributed by atoms with van der Waals surface area (Å²) >= 11 is 1.46. The Balaban J connectivity index is 2.11. The van der Waals surface area contributed by atoms with Gasteiger partial charge in [0.15, 0.2) is 0 Å². The molecule has 0 amide bonds. The molecule has 2 aromatic heterocycles. The van der Waals surface area contributed by atoms with Crippen molar-refractivity contribution < 1.29 is 14.6 Å². The van der Waals surface area contributed by atoms with Gasteiger partial charge in [-0.05, 0) is 51.1 Å². The third kappa shape index (κ3) is 4.09. The number of nitrogens with zero attached hydrogens (tertiary/aromatic N) is 3. The lowest BCUT2D eigenvalue weighted by Gasteiger charge is -2.23. The standard InChI is InChI=1S/C20H21N3O3S/c1-20(2,3)23-18(13-5-8-15(26-4)9-6-13)16(11-21-23)19-22-14(12-27-19)7-10-17(24)25/h5-12H,1-4H3,(H,24,25)/b10-7+. The number of hydrogen-bond donors (Lipinski definition) is 1. The second-order valence-corrected chi connectivity index (χ2v) is 7.83. The van der Waals surface area contributed by atoms with Crippen LogP contribution in [0.1, 0.15) is 26.5 Å². The first-order valence-corrected chi connectivity index (χ1v) is 9.27. The fourth-order valence-electron chi connectivity index (χ4n) is 2.68. The maximum Gasteiger partial charge on any atom is 0.328 e. The van der Waals surface area contributed by atoms with Gasteiger partial charge in [-0.15, -0.1) is 11.3 Å². The zero-order valence-corrected chi connectivity index (χ0v) is 16.4. The van der Waals surface area contributed by atoms with E-state index in [1.807, 2.05) is 40.5 Å². The molecule has 3 rings (SSSR count). The fourth-order valence-corrected chi connectivity index (χ4v) is 3.48. The van der Waals surface area contributed by atoms with Crippen LogP contribution < -0.4 is 4.74 Å². The Labute approximate surface area is 161 Å². The number of carboxylic acids is 1. The molecule has 1 aromatic carbocycles. The number of methoxy groups -OCH3 is 1. The minimum Gasteiger partial charge on any atom is -0.497 e. The maximum absolute atomic E-state index is 10.7. The number of benzene rings is 1. The number of ether oxygens (including phenoxy) is 1. The highest BCUT2D eigenvalue weighted by molar-refractivity contribution is 7.13. The Bertz CT molecular complexity index is 979. The molecule has 3 aromatic rings. The van der Waals surface area contributed by atoms with E-state index >= 15 is 0 Å². The molecule has 0 atom stereocenters. The van der Waals surface area contributed by atoms with E-state index in [2.05, 4.69) is 30.9 Å². The monoisotopic (exact) mass is 383 g/mol. The van der Waals surface area contributed by atoms with Crippen molar-refractivity contribution in [1.82, 2.24) is 14.8 Å². The van der Waals surface area contributed by atoms with Gasteiger partial charge in [0.05, 0.1) is 35.8 Å². The quantitative estimate of drug-likeness (QED) is 0.655. The Morgan fingerprint density at radius 3 is 2.56 bits per heavy atom. The summed E-state index contributed by atoms with van der Waals surface area (Å²) in [6, 6.07) is 7.84. The van der Waals surface area contributed by atoms with Crippen LogP contribution in [0.4, 0.5) is 0 Å². The van der Waals surface area contributed by atoms with Crippen molar-refractivity contribution in [3.8, 4) is 27.6 Å². The van der Waals surface area contributed by atoms with Crippen LogP contribution in [-0.4, -0.2) is 33.0 Å². The summed E-state index contributed by atoms with van der Waals surface area (Å²) in [6.07, 6.45) is 4.39. The lowest BCUT2D eigenvalue weighted by molar-refractivity contribution is -0.131. The first-order chi connectivity index (χ1) is 12.8. The molecule has 1 N–H and O–H groups in total. The molecule has 0 aliphatic carbocycles. The lowest BCUT2D eigenvalue weighted by Crippen LogP contribution is -2.24. The number of aliphatic carboxylic acids is 1. The SMILES string of the molecule is COc1ccc(-c2c(-c3nc(/C=C/C(=O)O)cs3)cnn2C(C)(C)C)cc1. The third-order valence-electron chi connectivity index (χ3n) is 3.92. The molecular weight excluding hydrogens is 362 g/mol. The van der Waals surface area contributed by atoms with Crippen molar-refractivity contribution >= 4 is 23.4 Å². The zero-order chi connectivity index (χ0) is 19.6. The van der Waals surface area contributed by atoms with E-state index in [0.29, 0.717) is 5.69 Å². The van der Waals surface area contributed by atoms with Crippen LogP contribution in [0.3, 0.4) is 0 Å². The smallest absolute Gasteiger partial charge is 0.328 e. The average molecular weight is 383 g/mol. The molecule has 0 fully saturated rings. The second kappa shape index (κ2) is 7.36. The Kier molecular flexibility index (Phi) is 5.14. The number of rotatable bonds is 5. The molecule has 0 spiro atoms. The molecule has 140 valence electrons. The fraction of sp³-hybridized carbons (Fsp3) is 0.250. The van der Waals surface area contributed by atoms with Crippen molar-refractivity contribution in [1.29, 1.82) is 0 Å². The normalized spacial score (nSPS) is 11.9. The molecule has 2 heterocycles. The summed E-state index contributed by atoms with van der Waals surface area (Å²) in [7, 11) is 1.64. The van der Waals surface area contributed by atoms with Crippen molar-refractivity contribution in [3.63, 3.8) is 0 Å². The first-order valence-electron chi connectivity index (χ1n) is 8.39. The number of hydrogen-bond acceptors (Lipinski definition) is 5.